The third-order valence-corrected chi connectivity index (χ3v) is 4.03. The standard InChI is InChI=1S/C14H14BrN3O3/c1-2-5-16-6-8-17(9-7-16)14(19)11-3-4-12(15)13(10-11)18(20)21/h1,3-4,10H,5-9H2. The van der Waals surface area contributed by atoms with Crippen molar-refractivity contribution in [2.75, 3.05) is 32.7 Å². The van der Waals surface area contributed by atoms with Gasteiger partial charge in [-0.1, -0.05) is 5.92 Å². The molecule has 0 spiro atoms. The van der Waals surface area contributed by atoms with Gasteiger partial charge in [-0.2, -0.15) is 0 Å². The Balaban J connectivity index is 2.09. The van der Waals surface area contributed by atoms with Crippen molar-refractivity contribution in [3.8, 4) is 12.3 Å². The van der Waals surface area contributed by atoms with Crippen LogP contribution in [0.1, 0.15) is 10.4 Å². The van der Waals surface area contributed by atoms with E-state index in [0.717, 1.165) is 0 Å². The molecule has 0 saturated carbocycles. The Labute approximate surface area is 131 Å². The molecule has 0 unspecified atom stereocenters. The molecular formula is C14H14BrN3O3. The minimum atomic E-state index is -0.508. The van der Waals surface area contributed by atoms with Crippen LogP contribution in [0.15, 0.2) is 22.7 Å². The molecule has 1 saturated heterocycles. The summed E-state index contributed by atoms with van der Waals surface area (Å²) in [7, 11) is 0. The van der Waals surface area contributed by atoms with Gasteiger partial charge in [0.2, 0.25) is 0 Å². The highest BCUT2D eigenvalue weighted by Gasteiger charge is 2.23. The summed E-state index contributed by atoms with van der Waals surface area (Å²) in [5.74, 6) is 2.39. The third-order valence-electron chi connectivity index (χ3n) is 3.36. The van der Waals surface area contributed by atoms with Crippen molar-refractivity contribution >= 4 is 27.5 Å². The van der Waals surface area contributed by atoms with Crippen LogP contribution in [-0.2, 0) is 0 Å². The van der Waals surface area contributed by atoms with Crippen molar-refractivity contribution < 1.29 is 9.72 Å². The highest BCUT2D eigenvalue weighted by atomic mass is 79.9. The van der Waals surface area contributed by atoms with E-state index in [1.54, 1.807) is 11.0 Å². The maximum atomic E-state index is 12.4. The molecule has 6 nitrogen and oxygen atoms in total. The first-order valence-corrected chi connectivity index (χ1v) is 7.21. The van der Waals surface area contributed by atoms with Gasteiger partial charge in [0.1, 0.15) is 0 Å². The molecule has 110 valence electrons. The number of halogens is 1. The number of carbonyl (C=O) groups excluding carboxylic acids is 1. The summed E-state index contributed by atoms with van der Waals surface area (Å²) in [5.41, 5.74) is 0.224. The normalized spacial score (nSPS) is 15.5. The fraction of sp³-hybridized carbons (Fsp3) is 0.357. The van der Waals surface area contributed by atoms with E-state index in [2.05, 4.69) is 26.8 Å². The van der Waals surface area contributed by atoms with Crippen LogP contribution < -0.4 is 0 Å². The largest absolute Gasteiger partial charge is 0.336 e. The third kappa shape index (κ3) is 3.60. The number of nitro groups is 1. The van der Waals surface area contributed by atoms with Crippen LogP contribution in [0.5, 0.6) is 0 Å². The molecule has 1 aromatic carbocycles. The highest BCUT2D eigenvalue weighted by molar-refractivity contribution is 9.10. The van der Waals surface area contributed by atoms with E-state index in [0.29, 0.717) is 42.8 Å². The number of piperazine rings is 1. The van der Waals surface area contributed by atoms with Crippen molar-refractivity contribution in [3.05, 3.63) is 38.3 Å². The first-order chi connectivity index (χ1) is 10.0. The zero-order valence-electron chi connectivity index (χ0n) is 11.3. The SMILES string of the molecule is C#CCN1CCN(C(=O)c2ccc(Br)c([N+](=O)[O-])c2)CC1. The molecule has 0 aliphatic carbocycles. The summed E-state index contributed by atoms with van der Waals surface area (Å²) in [6, 6.07) is 4.42. The van der Waals surface area contributed by atoms with Crippen molar-refractivity contribution in [2.24, 2.45) is 0 Å². The van der Waals surface area contributed by atoms with E-state index in [9.17, 15) is 14.9 Å². The van der Waals surface area contributed by atoms with E-state index >= 15 is 0 Å². The van der Waals surface area contributed by atoms with Crippen LogP contribution in [0.2, 0.25) is 0 Å². The monoisotopic (exact) mass is 351 g/mol. The van der Waals surface area contributed by atoms with Crippen LogP contribution in [0.4, 0.5) is 5.69 Å². The zero-order chi connectivity index (χ0) is 15.4. The molecule has 7 heteroatoms. The van der Waals surface area contributed by atoms with E-state index in [1.165, 1.54) is 12.1 Å². The molecule has 0 aromatic heterocycles. The molecule has 1 aromatic rings. The maximum absolute atomic E-state index is 12.4. The first-order valence-electron chi connectivity index (χ1n) is 6.42. The second kappa shape index (κ2) is 6.70. The molecule has 0 radical (unpaired) electrons. The average molecular weight is 352 g/mol. The zero-order valence-corrected chi connectivity index (χ0v) is 12.9. The second-order valence-electron chi connectivity index (χ2n) is 4.70. The van der Waals surface area contributed by atoms with Crippen LogP contribution in [0, 0.1) is 22.5 Å². The van der Waals surface area contributed by atoms with E-state index in [1.807, 2.05) is 0 Å². The Hall–Kier alpha value is -1.91. The smallest absolute Gasteiger partial charge is 0.284 e. The van der Waals surface area contributed by atoms with Gasteiger partial charge < -0.3 is 4.90 Å². The number of hydrogen-bond acceptors (Lipinski definition) is 4. The van der Waals surface area contributed by atoms with Gasteiger partial charge in [-0.25, -0.2) is 0 Å². The predicted molar refractivity (Wildman–Crippen MR) is 82.0 cm³/mol. The number of benzene rings is 1. The molecule has 0 atom stereocenters. The maximum Gasteiger partial charge on any atom is 0.284 e. The molecule has 2 rings (SSSR count). The molecule has 0 bridgehead atoms. The van der Waals surface area contributed by atoms with Gasteiger partial charge >= 0.3 is 0 Å². The molecule has 1 heterocycles. The van der Waals surface area contributed by atoms with Gasteiger partial charge in [0, 0.05) is 37.8 Å². The van der Waals surface area contributed by atoms with Crippen LogP contribution in [-0.4, -0.2) is 53.4 Å². The van der Waals surface area contributed by atoms with Gasteiger partial charge in [0.05, 0.1) is 15.9 Å². The van der Waals surface area contributed by atoms with Gasteiger partial charge in [0.15, 0.2) is 0 Å². The highest BCUT2D eigenvalue weighted by Crippen LogP contribution is 2.26. The topological polar surface area (TPSA) is 66.7 Å². The predicted octanol–water partition coefficient (Wildman–Crippen LogP) is 1.75. The van der Waals surface area contributed by atoms with Crippen molar-refractivity contribution in [1.29, 1.82) is 0 Å². The number of nitrogens with zero attached hydrogens (tertiary/aromatic N) is 3. The summed E-state index contributed by atoms with van der Waals surface area (Å²) in [6.45, 7) is 3.16. The summed E-state index contributed by atoms with van der Waals surface area (Å²) in [4.78, 5) is 26.6. The summed E-state index contributed by atoms with van der Waals surface area (Å²) in [5, 5.41) is 10.9. The number of rotatable bonds is 3. The second-order valence-corrected chi connectivity index (χ2v) is 5.55. The number of hydrogen-bond donors (Lipinski definition) is 0. The van der Waals surface area contributed by atoms with Crippen LogP contribution in [0.3, 0.4) is 0 Å². The number of carbonyl (C=O) groups is 1. The summed E-state index contributed by atoms with van der Waals surface area (Å²) >= 11 is 3.11. The van der Waals surface area contributed by atoms with Gasteiger partial charge in [0.25, 0.3) is 11.6 Å². The Morgan fingerprint density at radius 2 is 2.05 bits per heavy atom. The van der Waals surface area contributed by atoms with Gasteiger partial charge in [-0.15, -0.1) is 6.42 Å². The minimum absolute atomic E-state index is 0.105. The van der Waals surface area contributed by atoms with Crippen LogP contribution in [0.25, 0.3) is 0 Å². The van der Waals surface area contributed by atoms with E-state index in [4.69, 9.17) is 6.42 Å². The van der Waals surface area contributed by atoms with E-state index in [-0.39, 0.29) is 11.6 Å². The van der Waals surface area contributed by atoms with Gasteiger partial charge in [-0.3, -0.25) is 19.8 Å². The van der Waals surface area contributed by atoms with E-state index < -0.39 is 4.92 Å². The molecule has 1 amide bonds. The Bertz CT molecular complexity index is 604. The lowest BCUT2D eigenvalue weighted by Crippen LogP contribution is -2.48. The van der Waals surface area contributed by atoms with Crippen molar-refractivity contribution in [1.82, 2.24) is 9.80 Å². The van der Waals surface area contributed by atoms with Gasteiger partial charge in [-0.05, 0) is 28.1 Å². The molecule has 1 fully saturated rings. The van der Waals surface area contributed by atoms with Crippen molar-refractivity contribution in [3.63, 3.8) is 0 Å². The Kier molecular flexibility index (Phi) is 4.94. The first kappa shape index (κ1) is 15.5. The molecule has 1 aliphatic heterocycles. The fourth-order valence-electron chi connectivity index (χ4n) is 2.21. The molecule has 21 heavy (non-hydrogen) atoms. The van der Waals surface area contributed by atoms with Crippen molar-refractivity contribution in [2.45, 2.75) is 0 Å². The molecular weight excluding hydrogens is 338 g/mol. The Morgan fingerprint density at radius 3 is 2.62 bits per heavy atom. The van der Waals surface area contributed by atoms with Crippen LogP contribution >= 0.6 is 15.9 Å². The average Bonchev–Trinajstić information content (AvgIpc) is 2.48. The number of nitro benzene ring substituents is 1. The molecule has 0 N–H and O–H groups in total. The lowest BCUT2D eigenvalue weighted by atomic mass is 10.1. The lowest BCUT2D eigenvalue weighted by molar-refractivity contribution is -0.385. The quantitative estimate of drug-likeness (QED) is 0.472. The minimum Gasteiger partial charge on any atom is -0.336 e. The summed E-state index contributed by atoms with van der Waals surface area (Å²) < 4.78 is 0.364. The molecule has 1 aliphatic rings. The number of terminal acetylenes is 1. The summed E-state index contributed by atoms with van der Waals surface area (Å²) in [6.07, 6.45) is 5.26. The Morgan fingerprint density at radius 1 is 1.38 bits per heavy atom. The lowest BCUT2D eigenvalue weighted by Gasteiger charge is -2.33. The number of amides is 1. The fourth-order valence-corrected chi connectivity index (χ4v) is 2.60.